The predicted octanol–water partition coefficient (Wildman–Crippen LogP) is 1.68. The highest BCUT2D eigenvalue weighted by atomic mass is 16.2. The molecular formula is C13H24N2O. The summed E-state index contributed by atoms with van der Waals surface area (Å²) < 4.78 is 0. The summed E-state index contributed by atoms with van der Waals surface area (Å²) in [4.78, 5) is 12.2. The van der Waals surface area contributed by atoms with Gasteiger partial charge in [-0.25, -0.2) is 0 Å². The molecule has 1 saturated carbocycles. The third-order valence-electron chi connectivity index (χ3n) is 4.47. The normalized spacial score (nSPS) is 26.9. The van der Waals surface area contributed by atoms with Crippen LogP contribution in [-0.2, 0) is 4.79 Å². The van der Waals surface area contributed by atoms with Gasteiger partial charge in [-0.3, -0.25) is 4.79 Å². The Hall–Kier alpha value is -0.570. The molecule has 0 radical (unpaired) electrons. The molecule has 3 nitrogen and oxygen atoms in total. The Morgan fingerprint density at radius 2 is 2.00 bits per heavy atom. The summed E-state index contributed by atoms with van der Waals surface area (Å²) >= 11 is 0. The molecule has 1 unspecified atom stereocenters. The monoisotopic (exact) mass is 224 g/mol. The van der Waals surface area contributed by atoms with E-state index in [2.05, 4.69) is 24.5 Å². The number of carbonyl (C=O) groups excluding carboxylic acids is 1. The first-order valence-electron chi connectivity index (χ1n) is 6.63. The lowest BCUT2D eigenvalue weighted by molar-refractivity contribution is -0.132. The van der Waals surface area contributed by atoms with E-state index >= 15 is 0 Å². The minimum Gasteiger partial charge on any atom is -0.353 e. The highest BCUT2D eigenvalue weighted by Crippen LogP contribution is 2.32. The maximum Gasteiger partial charge on any atom is 0.226 e. The van der Waals surface area contributed by atoms with Crippen LogP contribution in [0.3, 0.4) is 0 Å². The molecule has 16 heavy (non-hydrogen) atoms. The molecule has 1 aliphatic heterocycles. The van der Waals surface area contributed by atoms with Crippen LogP contribution in [0.4, 0.5) is 0 Å². The van der Waals surface area contributed by atoms with Crippen LogP contribution >= 0.6 is 0 Å². The Balaban J connectivity index is 1.85. The number of piperidine rings is 1. The zero-order valence-electron chi connectivity index (χ0n) is 10.5. The molecule has 2 fully saturated rings. The zero-order valence-corrected chi connectivity index (χ0v) is 10.5. The van der Waals surface area contributed by atoms with Gasteiger partial charge in [0.1, 0.15) is 0 Å². The molecule has 0 bridgehead atoms. The van der Waals surface area contributed by atoms with E-state index in [4.69, 9.17) is 0 Å². The van der Waals surface area contributed by atoms with E-state index in [1.54, 1.807) is 0 Å². The number of carbonyl (C=O) groups is 1. The molecule has 0 aromatic carbocycles. The SMILES string of the molecule is CC(NC(=O)C1(C)CCNCC1)C1CCC1. The van der Waals surface area contributed by atoms with Crippen LogP contribution in [0.5, 0.6) is 0 Å². The Morgan fingerprint density at radius 3 is 2.50 bits per heavy atom. The summed E-state index contributed by atoms with van der Waals surface area (Å²) in [5, 5.41) is 6.54. The van der Waals surface area contributed by atoms with Crippen molar-refractivity contribution in [1.82, 2.24) is 10.6 Å². The van der Waals surface area contributed by atoms with Gasteiger partial charge < -0.3 is 10.6 Å². The number of amides is 1. The molecule has 1 aliphatic carbocycles. The third-order valence-corrected chi connectivity index (χ3v) is 4.47. The van der Waals surface area contributed by atoms with Gasteiger partial charge in [0.25, 0.3) is 0 Å². The summed E-state index contributed by atoms with van der Waals surface area (Å²) in [6, 6.07) is 0.368. The average molecular weight is 224 g/mol. The Morgan fingerprint density at radius 1 is 1.38 bits per heavy atom. The molecule has 2 rings (SSSR count). The number of hydrogen-bond acceptors (Lipinski definition) is 2. The average Bonchev–Trinajstić information content (AvgIpc) is 2.15. The Bertz CT molecular complexity index is 255. The lowest BCUT2D eigenvalue weighted by Crippen LogP contribution is -2.50. The van der Waals surface area contributed by atoms with Crippen molar-refractivity contribution in [3.05, 3.63) is 0 Å². The van der Waals surface area contributed by atoms with Crippen molar-refractivity contribution in [2.24, 2.45) is 11.3 Å². The fraction of sp³-hybridized carbons (Fsp3) is 0.923. The van der Waals surface area contributed by atoms with Crippen LogP contribution in [0, 0.1) is 11.3 Å². The van der Waals surface area contributed by atoms with E-state index in [0.717, 1.165) is 31.8 Å². The summed E-state index contributed by atoms with van der Waals surface area (Å²) in [7, 11) is 0. The number of rotatable bonds is 3. The minimum atomic E-state index is -0.136. The lowest BCUT2D eigenvalue weighted by atomic mass is 9.77. The first-order chi connectivity index (χ1) is 7.62. The fourth-order valence-corrected chi connectivity index (χ4v) is 2.64. The van der Waals surface area contributed by atoms with Gasteiger partial charge in [-0.1, -0.05) is 13.3 Å². The fourth-order valence-electron chi connectivity index (χ4n) is 2.64. The molecule has 0 aromatic rings. The summed E-state index contributed by atoms with van der Waals surface area (Å²) in [6.07, 6.45) is 5.86. The van der Waals surface area contributed by atoms with E-state index in [-0.39, 0.29) is 11.3 Å². The van der Waals surface area contributed by atoms with Gasteiger partial charge in [0.15, 0.2) is 0 Å². The second kappa shape index (κ2) is 4.74. The molecule has 92 valence electrons. The standard InChI is InChI=1S/C13H24N2O/c1-10(11-4-3-5-11)15-12(16)13(2)6-8-14-9-7-13/h10-11,14H,3-9H2,1-2H3,(H,15,16). The van der Waals surface area contributed by atoms with Gasteiger partial charge in [0, 0.05) is 11.5 Å². The van der Waals surface area contributed by atoms with Crippen molar-refractivity contribution in [2.45, 2.75) is 52.0 Å². The van der Waals surface area contributed by atoms with Crippen molar-refractivity contribution in [2.75, 3.05) is 13.1 Å². The second-order valence-electron chi connectivity index (χ2n) is 5.76. The molecule has 0 aromatic heterocycles. The smallest absolute Gasteiger partial charge is 0.226 e. The van der Waals surface area contributed by atoms with Crippen molar-refractivity contribution in [3.63, 3.8) is 0 Å². The maximum absolute atomic E-state index is 12.2. The molecule has 2 aliphatic rings. The van der Waals surface area contributed by atoms with Crippen LogP contribution in [0.2, 0.25) is 0 Å². The zero-order chi connectivity index (χ0) is 11.6. The summed E-state index contributed by atoms with van der Waals surface area (Å²) in [5.74, 6) is 1.00. The molecule has 1 saturated heterocycles. The van der Waals surface area contributed by atoms with E-state index < -0.39 is 0 Å². The quantitative estimate of drug-likeness (QED) is 0.766. The maximum atomic E-state index is 12.2. The van der Waals surface area contributed by atoms with Crippen molar-refractivity contribution in [3.8, 4) is 0 Å². The van der Waals surface area contributed by atoms with Crippen LogP contribution in [0.25, 0.3) is 0 Å². The Labute approximate surface area is 98.4 Å². The molecule has 1 heterocycles. The van der Waals surface area contributed by atoms with Crippen LogP contribution in [-0.4, -0.2) is 25.0 Å². The van der Waals surface area contributed by atoms with Gasteiger partial charge in [-0.05, 0) is 51.6 Å². The third kappa shape index (κ3) is 2.40. The number of nitrogens with one attached hydrogen (secondary N) is 2. The van der Waals surface area contributed by atoms with Crippen LogP contribution in [0.15, 0.2) is 0 Å². The van der Waals surface area contributed by atoms with Crippen LogP contribution in [0.1, 0.15) is 46.0 Å². The predicted molar refractivity (Wildman–Crippen MR) is 65.2 cm³/mol. The van der Waals surface area contributed by atoms with Gasteiger partial charge in [-0.2, -0.15) is 0 Å². The summed E-state index contributed by atoms with van der Waals surface area (Å²) in [6.45, 7) is 6.21. The largest absolute Gasteiger partial charge is 0.353 e. The molecule has 1 atom stereocenters. The van der Waals surface area contributed by atoms with Gasteiger partial charge in [0.2, 0.25) is 5.91 Å². The van der Waals surface area contributed by atoms with E-state index in [0.29, 0.717) is 6.04 Å². The van der Waals surface area contributed by atoms with E-state index in [1.165, 1.54) is 19.3 Å². The van der Waals surface area contributed by atoms with E-state index in [9.17, 15) is 4.79 Å². The molecule has 2 N–H and O–H groups in total. The van der Waals surface area contributed by atoms with Gasteiger partial charge in [-0.15, -0.1) is 0 Å². The van der Waals surface area contributed by atoms with E-state index in [1.807, 2.05) is 0 Å². The van der Waals surface area contributed by atoms with Crippen LogP contribution < -0.4 is 10.6 Å². The second-order valence-corrected chi connectivity index (χ2v) is 5.76. The first-order valence-corrected chi connectivity index (χ1v) is 6.63. The van der Waals surface area contributed by atoms with Gasteiger partial charge in [0.05, 0.1) is 0 Å². The Kier molecular flexibility index (Phi) is 3.53. The molecule has 0 spiro atoms. The first kappa shape index (κ1) is 11.9. The molecule has 3 heteroatoms. The van der Waals surface area contributed by atoms with Crippen molar-refractivity contribution >= 4 is 5.91 Å². The lowest BCUT2D eigenvalue weighted by Gasteiger charge is -2.37. The van der Waals surface area contributed by atoms with Crippen molar-refractivity contribution < 1.29 is 4.79 Å². The highest BCUT2D eigenvalue weighted by Gasteiger charge is 2.36. The molecular weight excluding hydrogens is 200 g/mol. The minimum absolute atomic E-state index is 0.136. The number of hydrogen-bond donors (Lipinski definition) is 2. The topological polar surface area (TPSA) is 41.1 Å². The summed E-state index contributed by atoms with van der Waals surface area (Å²) in [5.41, 5.74) is -0.136. The molecule has 1 amide bonds. The van der Waals surface area contributed by atoms with Gasteiger partial charge >= 0.3 is 0 Å². The highest BCUT2D eigenvalue weighted by molar-refractivity contribution is 5.82. The van der Waals surface area contributed by atoms with Crippen molar-refractivity contribution in [1.29, 1.82) is 0 Å².